The van der Waals surface area contributed by atoms with Crippen LogP contribution < -0.4 is 5.32 Å². The number of hydrogen-bond acceptors (Lipinski definition) is 3. The molecule has 1 aromatic heterocycles. The molecule has 0 aliphatic carbocycles. The summed E-state index contributed by atoms with van der Waals surface area (Å²) in [5, 5.41) is 7.01. The van der Waals surface area contributed by atoms with Crippen molar-refractivity contribution in [2.24, 2.45) is 0 Å². The van der Waals surface area contributed by atoms with E-state index in [1.165, 1.54) is 12.1 Å². The summed E-state index contributed by atoms with van der Waals surface area (Å²) in [7, 11) is 1.63. The maximum Gasteiger partial charge on any atom is 0.323 e. The number of aromatic nitrogens is 2. The Hall–Kier alpha value is -2.41. The molecule has 2 aromatic rings. The Kier molecular flexibility index (Phi) is 6.74. The van der Waals surface area contributed by atoms with E-state index in [1.807, 2.05) is 6.92 Å². The molecule has 130 valence electrons. The second kappa shape index (κ2) is 9.02. The number of amides is 2. The van der Waals surface area contributed by atoms with Crippen LogP contribution in [0.5, 0.6) is 0 Å². The fraction of sp³-hybridized carbons (Fsp3) is 0.412. The van der Waals surface area contributed by atoms with Crippen molar-refractivity contribution in [3.8, 4) is 0 Å². The van der Waals surface area contributed by atoms with Gasteiger partial charge in [0.15, 0.2) is 0 Å². The second-order valence-electron chi connectivity index (χ2n) is 5.36. The molecule has 0 aliphatic heterocycles. The number of ether oxygens (including phenoxy) is 1. The van der Waals surface area contributed by atoms with Crippen molar-refractivity contribution in [3.05, 3.63) is 47.9 Å². The van der Waals surface area contributed by atoms with E-state index >= 15 is 0 Å². The first-order valence-electron chi connectivity index (χ1n) is 7.95. The molecule has 0 unspecified atom stereocenters. The van der Waals surface area contributed by atoms with Gasteiger partial charge in [0.1, 0.15) is 11.6 Å². The number of hydrogen-bond donors (Lipinski definition) is 1. The van der Waals surface area contributed by atoms with E-state index in [0.717, 1.165) is 12.0 Å². The maximum absolute atomic E-state index is 13.0. The maximum atomic E-state index is 13.0. The quantitative estimate of drug-likeness (QED) is 0.755. The van der Waals surface area contributed by atoms with Gasteiger partial charge in [0.05, 0.1) is 6.20 Å². The van der Waals surface area contributed by atoms with Crippen molar-refractivity contribution in [2.75, 3.05) is 25.6 Å². The minimum atomic E-state index is -0.291. The number of halogens is 1. The molecule has 0 bridgehead atoms. The Morgan fingerprint density at radius 1 is 1.33 bits per heavy atom. The highest BCUT2D eigenvalue weighted by Gasteiger charge is 2.15. The Labute approximate surface area is 141 Å². The van der Waals surface area contributed by atoms with Crippen molar-refractivity contribution in [2.45, 2.75) is 26.4 Å². The predicted octanol–water partition coefficient (Wildman–Crippen LogP) is 3.11. The fourth-order valence-corrected chi connectivity index (χ4v) is 2.34. The third-order valence-electron chi connectivity index (χ3n) is 3.60. The first kappa shape index (κ1) is 17.9. The van der Waals surface area contributed by atoms with Crippen LogP contribution in [0.15, 0.2) is 36.5 Å². The lowest BCUT2D eigenvalue weighted by Gasteiger charge is -2.23. The van der Waals surface area contributed by atoms with Gasteiger partial charge in [0, 0.05) is 39.4 Å². The molecule has 0 aliphatic rings. The van der Waals surface area contributed by atoms with Gasteiger partial charge in [0.2, 0.25) is 0 Å². The van der Waals surface area contributed by atoms with Crippen LogP contribution in [-0.2, 0) is 17.8 Å². The van der Waals surface area contributed by atoms with Gasteiger partial charge < -0.3 is 9.64 Å². The molecule has 0 fully saturated rings. The van der Waals surface area contributed by atoms with E-state index in [9.17, 15) is 9.18 Å². The monoisotopic (exact) mass is 334 g/mol. The van der Waals surface area contributed by atoms with E-state index in [4.69, 9.17) is 4.74 Å². The van der Waals surface area contributed by atoms with Gasteiger partial charge in [-0.15, -0.1) is 0 Å². The standard InChI is InChI=1S/C17H23FN4O2/c1-3-22-16(9-10-19-22)20-17(23)21(11-4-12-24-2)13-14-5-7-15(18)8-6-14/h5-10H,3-4,11-13H2,1-2H3,(H,20,23). The fourth-order valence-electron chi connectivity index (χ4n) is 2.34. The first-order chi connectivity index (χ1) is 11.6. The molecule has 0 saturated carbocycles. The zero-order valence-corrected chi connectivity index (χ0v) is 14.0. The molecule has 2 rings (SSSR count). The number of methoxy groups -OCH3 is 1. The number of rotatable bonds is 8. The summed E-state index contributed by atoms with van der Waals surface area (Å²) in [4.78, 5) is 14.3. The summed E-state index contributed by atoms with van der Waals surface area (Å²) in [5.74, 6) is 0.360. The lowest BCUT2D eigenvalue weighted by molar-refractivity contribution is 0.171. The molecule has 0 saturated heterocycles. The molecule has 2 amide bonds. The van der Waals surface area contributed by atoms with Crippen LogP contribution in [0.25, 0.3) is 0 Å². The van der Waals surface area contributed by atoms with Crippen LogP contribution in [0.3, 0.4) is 0 Å². The minimum absolute atomic E-state index is 0.217. The highest BCUT2D eigenvalue weighted by molar-refractivity contribution is 5.88. The van der Waals surface area contributed by atoms with Crippen LogP contribution in [0.1, 0.15) is 18.9 Å². The number of anilines is 1. The Morgan fingerprint density at radius 3 is 2.75 bits per heavy atom. The van der Waals surface area contributed by atoms with Crippen molar-refractivity contribution in [1.82, 2.24) is 14.7 Å². The molecule has 0 atom stereocenters. The molecule has 1 N–H and O–H groups in total. The Morgan fingerprint density at radius 2 is 2.08 bits per heavy atom. The largest absolute Gasteiger partial charge is 0.385 e. The summed E-state index contributed by atoms with van der Waals surface area (Å²) < 4.78 is 19.8. The summed E-state index contributed by atoms with van der Waals surface area (Å²) in [6.07, 6.45) is 2.37. The zero-order valence-electron chi connectivity index (χ0n) is 14.0. The van der Waals surface area contributed by atoms with Gasteiger partial charge in [0.25, 0.3) is 0 Å². The molecule has 0 spiro atoms. The lowest BCUT2D eigenvalue weighted by Crippen LogP contribution is -2.36. The average molecular weight is 334 g/mol. The number of benzene rings is 1. The second-order valence-corrected chi connectivity index (χ2v) is 5.36. The molecule has 24 heavy (non-hydrogen) atoms. The predicted molar refractivity (Wildman–Crippen MR) is 90.2 cm³/mol. The molecule has 7 heteroatoms. The summed E-state index contributed by atoms with van der Waals surface area (Å²) in [5.41, 5.74) is 0.868. The summed E-state index contributed by atoms with van der Waals surface area (Å²) >= 11 is 0. The molecule has 1 heterocycles. The van der Waals surface area contributed by atoms with E-state index in [-0.39, 0.29) is 11.8 Å². The van der Waals surface area contributed by atoms with Crippen molar-refractivity contribution >= 4 is 11.8 Å². The average Bonchev–Trinajstić information content (AvgIpc) is 3.03. The van der Waals surface area contributed by atoms with E-state index < -0.39 is 0 Å². The minimum Gasteiger partial charge on any atom is -0.385 e. The highest BCUT2D eigenvalue weighted by atomic mass is 19.1. The van der Waals surface area contributed by atoms with Crippen LogP contribution in [0, 0.1) is 5.82 Å². The third kappa shape index (κ3) is 5.06. The molecule has 6 nitrogen and oxygen atoms in total. The lowest BCUT2D eigenvalue weighted by atomic mass is 10.2. The Balaban J connectivity index is 2.06. The number of carbonyl (C=O) groups is 1. The first-order valence-corrected chi connectivity index (χ1v) is 7.95. The topological polar surface area (TPSA) is 59.4 Å². The van der Waals surface area contributed by atoms with Crippen LogP contribution >= 0.6 is 0 Å². The zero-order chi connectivity index (χ0) is 17.4. The summed E-state index contributed by atoms with van der Waals surface area (Å²) in [6.45, 7) is 4.13. The van der Waals surface area contributed by atoms with Crippen molar-refractivity contribution in [3.63, 3.8) is 0 Å². The molecular weight excluding hydrogens is 311 g/mol. The van der Waals surface area contributed by atoms with E-state index in [0.29, 0.717) is 32.1 Å². The highest BCUT2D eigenvalue weighted by Crippen LogP contribution is 2.11. The van der Waals surface area contributed by atoms with Gasteiger partial charge in [-0.25, -0.2) is 13.9 Å². The van der Waals surface area contributed by atoms with E-state index in [1.54, 1.807) is 41.1 Å². The van der Waals surface area contributed by atoms with Crippen LogP contribution in [0.2, 0.25) is 0 Å². The number of carbonyl (C=O) groups excluding carboxylic acids is 1. The smallest absolute Gasteiger partial charge is 0.323 e. The number of urea groups is 1. The number of nitrogens with zero attached hydrogens (tertiary/aromatic N) is 3. The van der Waals surface area contributed by atoms with Gasteiger partial charge in [-0.05, 0) is 31.0 Å². The third-order valence-corrected chi connectivity index (χ3v) is 3.60. The van der Waals surface area contributed by atoms with Crippen molar-refractivity contribution in [1.29, 1.82) is 0 Å². The normalized spacial score (nSPS) is 10.6. The molecule has 0 radical (unpaired) electrons. The van der Waals surface area contributed by atoms with Crippen LogP contribution in [0.4, 0.5) is 15.0 Å². The van der Waals surface area contributed by atoms with Crippen LogP contribution in [-0.4, -0.2) is 41.0 Å². The van der Waals surface area contributed by atoms with Gasteiger partial charge >= 0.3 is 6.03 Å². The Bertz CT molecular complexity index is 642. The SMILES string of the molecule is CCn1nccc1NC(=O)N(CCCOC)Cc1ccc(F)cc1. The number of aryl methyl sites for hydroxylation is 1. The van der Waals surface area contributed by atoms with Gasteiger partial charge in [-0.3, -0.25) is 5.32 Å². The number of nitrogens with one attached hydrogen (secondary N) is 1. The molecule has 1 aromatic carbocycles. The molecular formula is C17H23FN4O2. The van der Waals surface area contributed by atoms with E-state index in [2.05, 4.69) is 10.4 Å². The summed E-state index contributed by atoms with van der Waals surface area (Å²) in [6, 6.07) is 7.70. The van der Waals surface area contributed by atoms with Crippen molar-refractivity contribution < 1.29 is 13.9 Å². The van der Waals surface area contributed by atoms with Gasteiger partial charge in [-0.2, -0.15) is 5.10 Å². The van der Waals surface area contributed by atoms with Gasteiger partial charge in [-0.1, -0.05) is 12.1 Å².